The first-order valence-electron chi connectivity index (χ1n) is 6.47. The Balaban J connectivity index is 1.71. The van der Waals surface area contributed by atoms with Crippen molar-refractivity contribution in [1.29, 1.82) is 5.26 Å². The third-order valence-corrected chi connectivity index (χ3v) is 3.18. The van der Waals surface area contributed by atoms with Crippen molar-refractivity contribution in [3.63, 3.8) is 0 Å². The van der Waals surface area contributed by atoms with Crippen LogP contribution in [0.3, 0.4) is 0 Å². The van der Waals surface area contributed by atoms with Crippen molar-refractivity contribution >= 4 is 16.8 Å². The standard InChI is InChI=1S/C16H12N4O/c17-8-13-10-19-20(11-13)16(21)18-9-12-5-6-14-3-1-2-4-15(14)7-12/h1-7,10-11H,9H2,(H,18,21). The second-order valence-electron chi connectivity index (χ2n) is 4.63. The van der Waals surface area contributed by atoms with E-state index in [9.17, 15) is 4.79 Å². The van der Waals surface area contributed by atoms with E-state index < -0.39 is 0 Å². The van der Waals surface area contributed by atoms with Crippen LogP contribution >= 0.6 is 0 Å². The molecule has 0 unspecified atom stereocenters. The summed E-state index contributed by atoms with van der Waals surface area (Å²) in [6, 6.07) is 15.7. The molecule has 5 nitrogen and oxygen atoms in total. The van der Waals surface area contributed by atoms with E-state index in [1.807, 2.05) is 48.5 Å². The Morgan fingerprint density at radius 2 is 2.05 bits per heavy atom. The first-order valence-corrected chi connectivity index (χ1v) is 6.47. The number of aromatic nitrogens is 2. The molecule has 0 atom stereocenters. The molecule has 2 aromatic carbocycles. The molecule has 1 N–H and O–H groups in total. The van der Waals surface area contributed by atoms with Crippen molar-refractivity contribution in [1.82, 2.24) is 15.1 Å². The molecule has 0 aliphatic carbocycles. The van der Waals surface area contributed by atoms with Crippen LogP contribution in [0.4, 0.5) is 4.79 Å². The number of nitrogens with zero attached hydrogens (tertiary/aromatic N) is 3. The number of carbonyl (C=O) groups is 1. The fourth-order valence-corrected chi connectivity index (χ4v) is 2.10. The summed E-state index contributed by atoms with van der Waals surface area (Å²) in [4.78, 5) is 11.9. The Bertz CT molecular complexity index is 845. The topological polar surface area (TPSA) is 70.7 Å². The zero-order valence-corrected chi connectivity index (χ0v) is 11.2. The third kappa shape index (κ3) is 2.74. The van der Waals surface area contributed by atoms with Crippen LogP contribution in [0.25, 0.3) is 10.8 Å². The number of benzene rings is 2. The van der Waals surface area contributed by atoms with Gasteiger partial charge >= 0.3 is 6.03 Å². The average molecular weight is 276 g/mol. The number of carbonyl (C=O) groups excluding carboxylic acids is 1. The van der Waals surface area contributed by atoms with E-state index in [1.165, 1.54) is 17.8 Å². The molecule has 0 fully saturated rings. The summed E-state index contributed by atoms with van der Waals surface area (Å²) in [5.74, 6) is 0. The highest BCUT2D eigenvalue weighted by molar-refractivity contribution is 5.83. The molecular formula is C16H12N4O. The van der Waals surface area contributed by atoms with Gasteiger partial charge in [-0.05, 0) is 22.4 Å². The third-order valence-electron chi connectivity index (χ3n) is 3.18. The van der Waals surface area contributed by atoms with Gasteiger partial charge in [0.05, 0.1) is 18.0 Å². The maximum atomic E-state index is 11.9. The zero-order chi connectivity index (χ0) is 14.7. The van der Waals surface area contributed by atoms with E-state index >= 15 is 0 Å². The van der Waals surface area contributed by atoms with Crippen molar-refractivity contribution in [2.45, 2.75) is 6.54 Å². The molecule has 0 aliphatic heterocycles. The van der Waals surface area contributed by atoms with Gasteiger partial charge in [-0.1, -0.05) is 36.4 Å². The molecule has 5 heteroatoms. The van der Waals surface area contributed by atoms with Crippen LogP contribution in [0, 0.1) is 11.3 Å². The van der Waals surface area contributed by atoms with Crippen LogP contribution in [-0.2, 0) is 6.54 Å². The molecule has 0 saturated heterocycles. The lowest BCUT2D eigenvalue weighted by Gasteiger charge is -2.06. The number of amides is 1. The summed E-state index contributed by atoms with van der Waals surface area (Å²) < 4.78 is 1.12. The summed E-state index contributed by atoms with van der Waals surface area (Å²) in [5, 5.41) is 17.6. The van der Waals surface area contributed by atoms with Gasteiger partial charge in [0.25, 0.3) is 0 Å². The summed E-state index contributed by atoms with van der Waals surface area (Å²) in [6.07, 6.45) is 2.76. The van der Waals surface area contributed by atoms with E-state index in [0.717, 1.165) is 15.6 Å². The molecule has 3 rings (SSSR count). The van der Waals surface area contributed by atoms with Crippen molar-refractivity contribution in [3.8, 4) is 6.07 Å². The van der Waals surface area contributed by atoms with Gasteiger partial charge in [-0.3, -0.25) is 0 Å². The molecular weight excluding hydrogens is 264 g/mol. The Kier molecular flexibility index (Phi) is 3.36. The summed E-state index contributed by atoms with van der Waals surface area (Å²) in [7, 11) is 0. The van der Waals surface area contributed by atoms with Gasteiger partial charge in [0.1, 0.15) is 6.07 Å². The van der Waals surface area contributed by atoms with Gasteiger partial charge < -0.3 is 5.32 Å². The lowest BCUT2D eigenvalue weighted by Crippen LogP contribution is -2.28. The molecule has 102 valence electrons. The van der Waals surface area contributed by atoms with Gasteiger partial charge in [0.2, 0.25) is 0 Å². The number of rotatable bonds is 2. The minimum Gasteiger partial charge on any atom is -0.332 e. The molecule has 1 amide bonds. The Morgan fingerprint density at radius 1 is 1.24 bits per heavy atom. The SMILES string of the molecule is N#Cc1cnn(C(=O)NCc2ccc3ccccc3c2)c1. The quantitative estimate of drug-likeness (QED) is 0.782. The Morgan fingerprint density at radius 3 is 2.81 bits per heavy atom. The summed E-state index contributed by atoms with van der Waals surface area (Å²) in [6.45, 7) is 0.408. The van der Waals surface area contributed by atoms with Gasteiger partial charge in [-0.25, -0.2) is 4.79 Å². The van der Waals surface area contributed by atoms with E-state index in [-0.39, 0.29) is 6.03 Å². The molecule has 1 heterocycles. The number of nitriles is 1. The average Bonchev–Trinajstić information content (AvgIpc) is 3.01. The lowest BCUT2D eigenvalue weighted by atomic mass is 10.1. The molecule has 0 saturated carbocycles. The van der Waals surface area contributed by atoms with Crippen LogP contribution in [0.15, 0.2) is 54.9 Å². The Labute approximate surface area is 121 Å². The Hall–Kier alpha value is -3.13. The summed E-state index contributed by atoms with van der Waals surface area (Å²) >= 11 is 0. The van der Waals surface area contributed by atoms with Crippen molar-refractivity contribution in [3.05, 3.63) is 66.0 Å². The van der Waals surface area contributed by atoms with Gasteiger partial charge in [-0.2, -0.15) is 15.0 Å². The fraction of sp³-hybridized carbons (Fsp3) is 0.0625. The molecule has 21 heavy (non-hydrogen) atoms. The van der Waals surface area contributed by atoms with Crippen LogP contribution in [0.5, 0.6) is 0 Å². The predicted octanol–water partition coefficient (Wildman–Crippen LogP) is 2.67. The van der Waals surface area contributed by atoms with Gasteiger partial charge in [-0.15, -0.1) is 0 Å². The number of hydrogen-bond donors (Lipinski definition) is 1. The highest BCUT2D eigenvalue weighted by Gasteiger charge is 2.06. The number of nitrogens with one attached hydrogen (secondary N) is 1. The second kappa shape index (κ2) is 5.47. The second-order valence-corrected chi connectivity index (χ2v) is 4.63. The molecule has 0 radical (unpaired) electrons. The minimum absolute atomic E-state index is 0.357. The van der Waals surface area contributed by atoms with Gasteiger partial charge in [0.15, 0.2) is 0 Å². The minimum atomic E-state index is -0.357. The lowest BCUT2D eigenvalue weighted by molar-refractivity contribution is 0.239. The molecule has 0 spiro atoms. The maximum absolute atomic E-state index is 11.9. The van der Waals surface area contributed by atoms with Crippen LogP contribution in [0.2, 0.25) is 0 Å². The van der Waals surface area contributed by atoms with Crippen LogP contribution in [0.1, 0.15) is 11.1 Å². The van der Waals surface area contributed by atoms with E-state index in [0.29, 0.717) is 12.1 Å². The summed E-state index contributed by atoms with van der Waals surface area (Å²) in [5.41, 5.74) is 1.37. The van der Waals surface area contributed by atoms with E-state index in [1.54, 1.807) is 0 Å². The van der Waals surface area contributed by atoms with Crippen molar-refractivity contribution in [2.75, 3.05) is 0 Å². The molecule has 3 aromatic rings. The first kappa shape index (κ1) is 12.9. The monoisotopic (exact) mass is 276 g/mol. The largest absolute Gasteiger partial charge is 0.342 e. The first-order chi connectivity index (χ1) is 10.3. The number of fused-ring (bicyclic) bond motifs is 1. The van der Waals surface area contributed by atoms with Crippen LogP contribution < -0.4 is 5.32 Å². The van der Waals surface area contributed by atoms with E-state index in [2.05, 4.69) is 10.4 Å². The maximum Gasteiger partial charge on any atom is 0.342 e. The highest BCUT2D eigenvalue weighted by atomic mass is 16.2. The number of hydrogen-bond acceptors (Lipinski definition) is 3. The molecule has 0 bridgehead atoms. The van der Waals surface area contributed by atoms with Crippen molar-refractivity contribution in [2.24, 2.45) is 0 Å². The smallest absolute Gasteiger partial charge is 0.332 e. The van der Waals surface area contributed by atoms with Crippen LogP contribution in [-0.4, -0.2) is 15.8 Å². The van der Waals surface area contributed by atoms with Gasteiger partial charge in [0, 0.05) is 6.54 Å². The molecule has 1 aromatic heterocycles. The molecule has 0 aliphatic rings. The zero-order valence-electron chi connectivity index (χ0n) is 11.2. The highest BCUT2D eigenvalue weighted by Crippen LogP contribution is 2.15. The normalized spacial score (nSPS) is 10.2. The van der Waals surface area contributed by atoms with Crippen molar-refractivity contribution < 1.29 is 4.79 Å². The predicted molar refractivity (Wildman–Crippen MR) is 78.5 cm³/mol. The fourth-order valence-electron chi connectivity index (χ4n) is 2.10. The van der Waals surface area contributed by atoms with E-state index in [4.69, 9.17) is 5.26 Å².